The second kappa shape index (κ2) is 8.27. The van der Waals surface area contributed by atoms with Crippen molar-refractivity contribution in [2.75, 3.05) is 11.0 Å². The maximum Gasteiger partial charge on any atom is 0.229 e. The molecular formula is C16H16F2N4O3S2. The fraction of sp³-hybridized carbons (Fsp3) is 0.125. The molecule has 11 heteroatoms. The first-order chi connectivity index (χ1) is 12.5. The summed E-state index contributed by atoms with van der Waals surface area (Å²) in [5.74, 6) is -1.99. The fourth-order valence-electron chi connectivity index (χ4n) is 2.00. The predicted octanol–water partition coefficient (Wildman–Crippen LogP) is 2.69. The Bertz CT molecular complexity index is 1010. The number of hydrazone groups is 1. The van der Waals surface area contributed by atoms with Gasteiger partial charge in [-0.2, -0.15) is 5.10 Å². The van der Waals surface area contributed by atoms with Gasteiger partial charge in [0, 0.05) is 11.6 Å². The van der Waals surface area contributed by atoms with Crippen LogP contribution in [0.4, 0.5) is 14.5 Å². The molecular weight excluding hydrogens is 398 g/mol. The molecule has 0 fully saturated rings. The molecule has 7 nitrogen and oxygen atoms in total. The van der Waals surface area contributed by atoms with Crippen molar-refractivity contribution in [3.05, 3.63) is 53.6 Å². The molecule has 0 aliphatic carbocycles. The van der Waals surface area contributed by atoms with Gasteiger partial charge in [-0.25, -0.2) is 17.2 Å². The minimum Gasteiger partial charge on any atom is -0.452 e. The number of hydrogen-bond acceptors (Lipinski definition) is 5. The summed E-state index contributed by atoms with van der Waals surface area (Å²) in [6, 6.07) is 7.20. The average Bonchev–Trinajstić information content (AvgIpc) is 2.55. The number of rotatable bonds is 6. The maximum atomic E-state index is 13.9. The Morgan fingerprint density at radius 2 is 1.89 bits per heavy atom. The Morgan fingerprint density at radius 1 is 1.19 bits per heavy atom. The summed E-state index contributed by atoms with van der Waals surface area (Å²) < 4.78 is 57.8. The first-order valence-corrected chi connectivity index (χ1v) is 9.70. The number of nitrogens with zero attached hydrogens (tertiary/aromatic N) is 1. The smallest absolute Gasteiger partial charge is 0.229 e. The van der Waals surface area contributed by atoms with Gasteiger partial charge >= 0.3 is 0 Å². The number of thiocarbonyl (C=S) groups is 1. The minimum atomic E-state index is -3.62. The van der Waals surface area contributed by atoms with E-state index in [1.807, 2.05) is 0 Å². The molecule has 0 saturated heterocycles. The van der Waals surface area contributed by atoms with E-state index in [4.69, 9.17) is 10.5 Å². The largest absolute Gasteiger partial charge is 0.452 e. The third-order valence-corrected chi connectivity index (χ3v) is 3.82. The molecule has 0 saturated carbocycles. The van der Waals surface area contributed by atoms with Crippen LogP contribution in [0.3, 0.4) is 0 Å². The molecule has 0 aliphatic rings. The van der Waals surface area contributed by atoms with E-state index in [2.05, 4.69) is 27.5 Å². The lowest BCUT2D eigenvalue weighted by molar-refractivity contribution is 0.439. The van der Waals surface area contributed by atoms with Crippen molar-refractivity contribution in [1.29, 1.82) is 0 Å². The van der Waals surface area contributed by atoms with E-state index in [1.54, 1.807) is 13.0 Å². The van der Waals surface area contributed by atoms with E-state index in [-0.39, 0.29) is 22.3 Å². The highest BCUT2D eigenvalue weighted by atomic mass is 32.2. The highest BCUT2D eigenvalue weighted by Crippen LogP contribution is 2.33. The monoisotopic (exact) mass is 414 g/mol. The van der Waals surface area contributed by atoms with Gasteiger partial charge in [0.05, 0.1) is 17.7 Å². The summed E-state index contributed by atoms with van der Waals surface area (Å²) >= 11 is 4.67. The van der Waals surface area contributed by atoms with Crippen molar-refractivity contribution < 1.29 is 21.9 Å². The molecule has 2 aromatic carbocycles. The summed E-state index contributed by atoms with van der Waals surface area (Å²) in [5, 5.41) is 3.93. The van der Waals surface area contributed by atoms with Crippen molar-refractivity contribution in [3.63, 3.8) is 0 Å². The molecule has 4 N–H and O–H groups in total. The van der Waals surface area contributed by atoms with E-state index in [1.165, 1.54) is 12.1 Å². The first kappa shape index (κ1) is 20.5. The van der Waals surface area contributed by atoms with Gasteiger partial charge in [0.25, 0.3) is 0 Å². The lowest BCUT2D eigenvalue weighted by atomic mass is 10.1. The molecule has 0 unspecified atom stereocenters. The Morgan fingerprint density at radius 3 is 2.48 bits per heavy atom. The zero-order valence-corrected chi connectivity index (χ0v) is 15.9. The number of nitrogens with one attached hydrogen (secondary N) is 2. The topological polar surface area (TPSA) is 106 Å². The van der Waals surface area contributed by atoms with Crippen LogP contribution in [0.1, 0.15) is 12.5 Å². The van der Waals surface area contributed by atoms with E-state index in [0.717, 1.165) is 18.4 Å². The normalized spacial score (nSPS) is 11.8. The minimum absolute atomic E-state index is 0.00620. The van der Waals surface area contributed by atoms with Crippen molar-refractivity contribution in [3.8, 4) is 11.5 Å². The molecule has 0 spiro atoms. The van der Waals surface area contributed by atoms with Gasteiger partial charge in [0.1, 0.15) is 5.82 Å². The van der Waals surface area contributed by atoms with Gasteiger partial charge < -0.3 is 10.5 Å². The molecule has 0 aliphatic heterocycles. The standard InChI is InChI=1S/C16H16F2N4O3S2/c1-9(20-21-16(19)26)10-3-5-13(22-27(2,23)24)15(7-10)25-14-6-4-11(17)8-12(14)18/h3-8,22H,1-2H3,(H3,19,21,26)/b20-9+. The van der Waals surface area contributed by atoms with Gasteiger partial charge in [0.15, 0.2) is 22.4 Å². The molecule has 0 aromatic heterocycles. The van der Waals surface area contributed by atoms with Crippen LogP contribution >= 0.6 is 12.2 Å². The van der Waals surface area contributed by atoms with Crippen LogP contribution in [-0.2, 0) is 10.0 Å². The highest BCUT2D eigenvalue weighted by molar-refractivity contribution is 7.92. The highest BCUT2D eigenvalue weighted by Gasteiger charge is 2.14. The van der Waals surface area contributed by atoms with E-state index < -0.39 is 21.7 Å². The molecule has 2 rings (SSSR count). The van der Waals surface area contributed by atoms with Crippen LogP contribution in [0.25, 0.3) is 0 Å². The number of benzene rings is 2. The zero-order valence-electron chi connectivity index (χ0n) is 14.3. The van der Waals surface area contributed by atoms with E-state index in [9.17, 15) is 17.2 Å². The van der Waals surface area contributed by atoms with Gasteiger partial charge in [-0.05, 0) is 43.4 Å². The van der Waals surface area contributed by atoms with Crippen LogP contribution < -0.4 is 20.6 Å². The summed E-state index contributed by atoms with van der Waals surface area (Å²) in [6.07, 6.45) is 0.960. The molecule has 0 bridgehead atoms. The van der Waals surface area contributed by atoms with Crippen LogP contribution in [-0.4, -0.2) is 25.5 Å². The number of ether oxygens (including phenoxy) is 1. The molecule has 0 heterocycles. The SMILES string of the molecule is C/C(=N\NC(N)=S)c1ccc(NS(C)(=O)=O)c(Oc2ccc(F)cc2F)c1. The Balaban J connectivity index is 2.47. The van der Waals surface area contributed by atoms with Gasteiger partial charge in [0.2, 0.25) is 10.0 Å². The predicted molar refractivity (Wildman–Crippen MR) is 103 cm³/mol. The van der Waals surface area contributed by atoms with Crippen LogP contribution in [0.5, 0.6) is 11.5 Å². The van der Waals surface area contributed by atoms with Gasteiger partial charge in [-0.15, -0.1) is 0 Å². The number of anilines is 1. The first-order valence-electron chi connectivity index (χ1n) is 7.40. The second-order valence-electron chi connectivity index (χ2n) is 5.44. The van der Waals surface area contributed by atoms with Crippen molar-refractivity contribution in [1.82, 2.24) is 5.43 Å². The van der Waals surface area contributed by atoms with Crippen LogP contribution in [0, 0.1) is 11.6 Å². The molecule has 144 valence electrons. The maximum absolute atomic E-state index is 13.9. The molecule has 2 aromatic rings. The summed E-state index contributed by atoms with van der Waals surface area (Å²) in [6.45, 7) is 1.65. The second-order valence-corrected chi connectivity index (χ2v) is 7.62. The van der Waals surface area contributed by atoms with Crippen molar-refractivity contribution in [2.45, 2.75) is 6.92 Å². The number of hydrogen-bond donors (Lipinski definition) is 3. The molecule has 0 radical (unpaired) electrons. The molecule has 0 atom stereocenters. The number of halogens is 2. The summed E-state index contributed by atoms with van der Waals surface area (Å²) in [4.78, 5) is 0. The third-order valence-electron chi connectivity index (χ3n) is 3.14. The van der Waals surface area contributed by atoms with Crippen molar-refractivity contribution in [2.24, 2.45) is 10.8 Å². The van der Waals surface area contributed by atoms with E-state index >= 15 is 0 Å². The summed E-state index contributed by atoms with van der Waals surface area (Å²) in [5.41, 5.74) is 8.79. The number of nitrogens with two attached hydrogens (primary N) is 1. The Labute approximate surface area is 160 Å². The van der Waals surface area contributed by atoms with Crippen molar-refractivity contribution >= 4 is 38.8 Å². The summed E-state index contributed by atoms with van der Waals surface area (Å²) in [7, 11) is -3.62. The fourth-order valence-corrected chi connectivity index (χ4v) is 2.61. The van der Waals surface area contributed by atoms with E-state index in [0.29, 0.717) is 17.3 Å². The van der Waals surface area contributed by atoms with Crippen LogP contribution in [0.2, 0.25) is 0 Å². The number of sulfonamides is 1. The Hall–Kier alpha value is -2.79. The quantitative estimate of drug-likeness (QED) is 0.381. The van der Waals surface area contributed by atoms with Crippen LogP contribution in [0.15, 0.2) is 41.5 Å². The van der Waals surface area contributed by atoms with Gasteiger partial charge in [-0.3, -0.25) is 10.1 Å². The Kier molecular flexibility index (Phi) is 6.28. The third kappa shape index (κ3) is 6.15. The van der Waals surface area contributed by atoms with Gasteiger partial charge in [-0.1, -0.05) is 6.07 Å². The molecule has 27 heavy (non-hydrogen) atoms. The average molecular weight is 414 g/mol. The zero-order chi connectivity index (χ0) is 20.2. The molecule has 0 amide bonds. The lowest BCUT2D eigenvalue weighted by Gasteiger charge is -2.14. The lowest BCUT2D eigenvalue weighted by Crippen LogP contribution is -2.25.